The minimum absolute atomic E-state index is 0.00531. The number of esters is 1. The van der Waals surface area contributed by atoms with E-state index in [0.717, 1.165) is 10.8 Å². The molecular weight excluding hydrogens is 360 g/mol. The van der Waals surface area contributed by atoms with Gasteiger partial charge in [-0.1, -0.05) is 20.8 Å². The molecule has 6 heteroatoms. The quantitative estimate of drug-likeness (QED) is 0.487. The van der Waals surface area contributed by atoms with Crippen molar-refractivity contribution in [2.75, 3.05) is 20.8 Å². The molecule has 0 heterocycles. The number of carbonyl (C=O) groups excluding carboxylic acids is 1. The highest BCUT2D eigenvalue weighted by atomic mass is 28.4. The lowest BCUT2D eigenvalue weighted by molar-refractivity contribution is 0.0526. The van der Waals surface area contributed by atoms with Crippen molar-refractivity contribution in [1.29, 1.82) is 0 Å². The Morgan fingerprint density at radius 1 is 1.00 bits per heavy atom. The van der Waals surface area contributed by atoms with Crippen LogP contribution in [0.5, 0.6) is 17.2 Å². The standard InChI is InChI=1S/C21H30O5Si/c1-9-25-20(22)14-12-15-16(23-5)10-11-17(24-6)19(15)18(13-14)26-27(7,8)21(2,3)4/h10-13H,9H2,1-8H3. The van der Waals surface area contributed by atoms with E-state index in [1.807, 2.05) is 12.1 Å². The molecule has 0 unspecified atom stereocenters. The largest absolute Gasteiger partial charge is 0.543 e. The van der Waals surface area contributed by atoms with Gasteiger partial charge < -0.3 is 18.6 Å². The molecule has 2 aromatic rings. The van der Waals surface area contributed by atoms with E-state index < -0.39 is 8.32 Å². The molecule has 0 N–H and O–H groups in total. The van der Waals surface area contributed by atoms with E-state index in [1.165, 1.54) is 0 Å². The second-order valence-corrected chi connectivity index (χ2v) is 12.7. The summed E-state index contributed by atoms with van der Waals surface area (Å²) in [5.74, 6) is 1.56. The SMILES string of the molecule is CCOC(=O)c1cc(O[Si](C)(C)C(C)(C)C)c2c(OC)ccc(OC)c2c1. The Hall–Kier alpha value is -2.21. The zero-order valence-electron chi connectivity index (χ0n) is 17.6. The maximum Gasteiger partial charge on any atom is 0.338 e. The Morgan fingerprint density at radius 3 is 2.11 bits per heavy atom. The third-order valence-electron chi connectivity index (χ3n) is 5.12. The van der Waals surface area contributed by atoms with Crippen LogP contribution >= 0.6 is 0 Å². The third kappa shape index (κ3) is 4.21. The Morgan fingerprint density at radius 2 is 1.59 bits per heavy atom. The van der Waals surface area contributed by atoms with Crippen molar-refractivity contribution in [1.82, 2.24) is 0 Å². The van der Waals surface area contributed by atoms with E-state index in [0.29, 0.717) is 29.4 Å². The van der Waals surface area contributed by atoms with Crippen LogP contribution < -0.4 is 13.9 Å². The molecule has 0 fully saturated rings. The van der Waals surface area contributed by atoms with Gasteiger partial charge in [-0.3, -0.25) is 0 Å². The van der Waals surface area contributed by atoms with Crippen LogP contribution in [0.4, 0.5) is 0 Å². The first kappa shape index (κ1) is 21.1. The summed E-state index contributed by atoms with van der Waals surface area (Å²) >= 11 is 0. The van der Waals surface area contributed by atoms with Gasteiger partial charge in [-0.25, -0.2) is 4.79 Å². The Kier molecular flexibility index (Phi) is 6.09. The number of hydrogen-bond acceptors (Lipinski definition) is 5. The number of carbonyl (C=O) groups is 1. The van der Waals surface area contributed by atoms with Crippen LogP contribution in [0.2, 0.25) is 18.1 Å². The number of benzene rings is 2. The Labute approximate surface area is 162 Å². The molecule has 0 aliphatic heterocycles. The Bertz CT molecular complexity index is 837. The predicted octanol–water partition coefficient (Wildman–Crippen LogP) is 5.42. The van der Waals surface area contributed by atoms with Gasteiger partial charge in [0, 0.05) is 5.39 Å². The number of fused-ring (bicyclic) bond motifs is 1. The number of ether oxygens (including phenoxy) is 3. The summed E-state index contributed by atoms with van der Waals surface area (Å²) in [6, 6.07) is 7.20. The fourth-order valence-electron chi connectivity index (χ4n) is 2.58. The zero-order valence-corrected chi connectivity index (χ0v) is 18.6. The first-order valence-corrected chi connectivity index (χ1v) is 12.0. The minimum Gasteiger partial charge on any atom is -0.543 e. The van der Waals surface area contributed by atoms with Gasteiger partial charge in [-0.05, 0) is 49.3 Å². The fourth-order valence-corrected chi connectivity index (χ4v) is 3.59. The molecule has 0 aliphatic rings. The molecule has 0 bridgehead atoms. The topological polar surface area (TPSA) is 54.0 Å². The molecule has 2 rings (SSSR count). The van der Waals surface area contributed by atoms with Crippen LogP contribution in [0.25, 0.3) is 10.8 Å². The van der Waals surface area contributed by atoms with Crippen molar-refractivity contribution < 1.29 is 23.4 Å². The highest BCUT2D eigenvalue weighted by Crippen LogP contribution is 2.44. The second-order valence-electron chi connectivity index (χ2n) is 7.95. The average Bonchev–Trinajstić information content (AvgIpc) is 2.59. The van der Waals surface area contributed by atoms with Gasteiger partial charge in [0.25, 0.3) is 8.32 Å². The molecule has 0 radical (unpaired) electrons. The first-order valence-electron chi connectivity index (χ1n) is 9.10. The molecule has 0 amide bonds. The van der Waals surface area contributed by atoms with Gasteiger partial charge in [-0.15, -0.1) is 0 Å². The third-order valence-corrected chi connectivity index (χ3v) is 9.46. The number of hydrogen-bond donors (Lipinski definition) is 0. The lowest BCUT2D eigenvalue weighted by Crippen LogP contribution is -2.44. The molecule has 0 atom stereocenters. The van der Waals surface area contributed by atoms with Gasteiger partial charge in [0.05, 0.1) is 31.8 Å². The first-order chi connectivity index (χ1) is 12.6. The molecule has 0 aromatic heterocycles. The van der Waals surface area contributed by atoms with Gasteiger partial charge in [0.1, 0.15) is 17.2 Å². The van der Waals surface area contributed by atoms with Crippen molar-refractivity contribution >= 4 is 25.1 Å². The number of methoxy groups -OCH3 is 2. The minimum atomic E-state index is -2.15. The van der Waals surface area contributed by atoms with Gasteiger partial charge in [0.2, 0.25) is 0 Å². The molecule has 0 saturated carbocycles. The molecule has 0 saturated heterocycles. The maximum atomic E-state index is 12.4. The van der Waals surface area contributed by atoms with E-state index in [9.17, 15) is 4.79 Å². The van der Waals surface area contributed by atoms with E-state index in [4.69, 9.17) is 18.6 Å². The maximum absolute atomic E-state index is 12.4. The predicted molar refractivity (Wildman–Crippen MR) is 111 cm³/mol. The van der Waals surface area contributed by atoms with Crippen molar-refractivity contribution in [2.45, 2.75) is 45.8 Å². The monoisotopic (exact) mass is 390 g/mol. The average molecular weight is 391 g/mol. The van der Waals surface area contributed by atoms with Crippen LogP contribution in [0.3, 0.4) is 0 Å². The van der Waals surface area contributed by atoms with Crippen molar-refractivity contribution in [2.24, 2.45) is 0 Å². The van der Waals surface area contributed by atoms with Crippen molar-refractivity contribution in [3.05, 3.63) is 29.8 Å². The molecule has 148 valence electrons. The van der Waals surface area contributed by atoms with Gasteiger partial charge in [-0.2, -0.15) is 0 Å². The lowest BCUT2D eigenvalue weighted by atomic mass is 10.0. The molecular formula is C21H30O5Si. The smallest absolute Gasteiger partial charge is 0.338 e. The highest BCUT2D eigenvalue weighted by molar-refractivity contribution is 6.74. The van der Waals surface area contributed by atoms with Gasteiger partial charge >= 0.3 is 5.97 Å². The number of rotatable bonds is 6. The normalized spacial score (nSPS) is 12.0. The summed E-state index contributed by atoms with van der Waals surface area (Å²) in [7, 11) is 1.07. The van der Waals surface area contributed by atoms with Crippen molar-refractivity contribution in [3.63, 3.8) is 0 Å². The summed E-state index contributed by atoms with van der Waals surface area (Å²) < 4.78 is 22.9. The van der Waals surface area contributed by atoms with E-state index in [2.05, 4.69) is 33.9 Å². The summed E-state index contributed by atoms with van der Waals surface area (Å²) in [5, 5.41) is 1.57. The van der Waals surface area contributed by atoms with Crippen LogP contribution in [0, 0.1) is 0 Å². The molecule has 0 aliphatic carbocycles. The Balaban J connectivity index is 2.80. The second kappa shape index (κ2) is 7.80. The summed E-state index contributed by atoms with van der Waals surface area (Å²) in [6.45, 7) is 13.0. The van der Waals surface area contributed by atoms with E-state index >= 15 is 0 Å². The molecule has 5 nitrogen and oxygen atoms in total. The van der Waals surface area contributed by atoms with Crippen LogP contribution in [-0.2, 0) is 4.74 Å². The van der Waals surface area contributed by atoms with E-state index in [1.54, 1.807) is 33.3 Å². The molecule has 27 heavy (non-hydrogen) atoms. The van der Waals surface area contributed by atoms with Gasteiger partial charge in [0.15, 0.2) is 0 Å². The van der Waals surface area contributed by atoms with Crippen LogP contribution in [0.1, 0.15) is 38.1 Å². The summed E-state index contributed by atoms with van der Waals surface area (Å²) in [5.41, 5.74) is 0.435. The van der Waals surface area contributed by atoms with Crippen LogP contribution in [-0.4, -0.2) is 35.1 Å². The molecule has 2 aromatic carbocycles. The van der Waals surface area contributed by atoms with Crippen molar-refractivity contribution in [3.8, 4) is 17.2 Å². The zero-order chi connectivity index (χ0) is 20.4. The molecule has 0 spiro atoms. The fraction of sp³-hybridized carbons (Fsp3) is 0.476. The lowest BCUT2D eigenvalue weighted by Gasteiger charge is -2.37. The highest BCUT2D eigenvalue weighted by Gasteiger charge is 2.39. The summed E-state index contributed by atoms with van der Waals surface area (Å²) in [6.07, 6.45) is 0. The van der Waals surface area contributed by atoms with E-state index in [-0.39, 0.29) is 11.0 Å². The van der Waals surface area contributed by atoms with Crippen LogP contribution in [0.15, 0.2) is 24.3 Å². The summed E-state index contributed by atoms with van der Waals surface area (Å²) in [4.78, 5) is 12.4.